The van der Waals surface area contributed by atoms with Gasteiger partial charge in [0, 0.05) is 58.7 Å². The Hall–Kier alpha value is -2.47. The van der Waals surface area contributed by atoms with Gasteiger partial charge in [0.1, 0.15) is 15.5 Å². The first-order chi connectivity index (χ1) is 17.5. The number of carbonyl (C=O) groups excluding carboxylic acids is 2. The van der Waals surface area contributed by atoms with E-state index in [1.165, 1.54) is 17.6 Å². The number of aromatic nitrogens is 2. The lowest BCUT2D eigenvalue weighted by Gasteiger charge is -2.36. The minimum atomic E-state index is -3.17. The summed E-state index contributed by atoms with van der Waals surface area (Å²) in [5, 5.41) is 7.96. The fraction of sp³-hybridized carbons (Fsp3) is 0.480. The van der Waals surface area contributed by atoms with E-state index < -0.39 is 15.9 Å². The average Bonchev–Trinajstić information content (AvgIpc) is 3.43. The van der Waals surface area contributed by atoms with E-state index in [0.717, 1.165) is 41.0 Å². The van der Waals surface area contributed by atoms with Gasteiger partial charge in [0.25, 0.3) is 11.8 Å². The Morgan fingerprint density at radius 1 is 1.19 bits per heavy atom. The molecule has 2 amide bonds. The van der Waals surface area contributed by atoms with Crippen LogP contribution in [-0.4, -0.2) is 72.8 Å². The molecule has 1 aliphatic carbocycles. The van der Waals surface area contributed by atoms with E-state index in [4.69, 9.17) is 11.6 Å². The van der Waals surface area contributed by atoms with Gasteiger partial charge >= 0.3 is 0 Å². The smallest absolute Gasteiger partial charge is 0.280 e. The summed E-state index contributed by atoms with van der Waals surface area (Å²) in [5.74, 6) is -0.611. The second kappa shape index (κ2) is 10.4. The zero-order valence-electron chi connectivity index (χ0n) is 20.7. The number of sulfone groups is 1. The number of likely N-dealkylation sites (N-methyl/N-ethyl adjacent to an activating group) is 1. The Balaban J connectivity index is 1.33. The molecule has 1 fully saturated rings. The molecule has 198 valence electrons. The molecule has 37 heavy (non-hydrogen) atoms. The van der Waals surface area contributed by atoms with E-state index >= 15 is 0 Å². The molecule has 0 spiro atoms. The molecule has 1 aromatic carbocycles. The van der Waals surface area contributed by atoms with Gasteiger partial charge in [-0.1, -0.05) is 11.6 Å². The molecular weight excluding hydrogens is 534 g/mol. The van der Waals surface area contributed by atoms with Gasteiger partial charge in [-0.2, -0.15) is 0 Å². The maximum atomic E-state index is 13.2. The Morgan fingerprint density at radius 3 is 2.76 bits per heavy atom. The van der Waals surface area contributed by atoms with Crippen LogP contribution >= 0.6 is 22.9 Å². The fourth-order valence-corrected chi connectivity index (χ4v) is 7.72. The number of hydrogen-bond acceptors (Lipinski definition) is 7. The zero-order valence-corrected chi connectivity index (χ0v) is 23.1. The van der Waals surface area contributed by atoms with Gasteiger partial charge in [-0.05, 0) is 56.5 Å². The van der Waals surface area contributed by atoms with Crippen molar-refractivity contribution in [1.29, 1.82) is 0 Å². The molecule has 9 nitrogen and oxygen atoms in total. The largest absolute Gasteiger partial charge is 0.351 e. The molecule has 2 aliphatic rings. The number of aromatic amines is 1. The Morgan fingerprint density at radius 2 is 1.97 bits per heavy atom. The quantitative estimate of drug-likeness (QED) is 0.423. The van der Waals surface area contributed by atoms with Crippen molar-refractivity contribution >= 4 is 55.5 Å². The third kappa shape index (κ3) is 6.17. The van der Waals surface area contributed by atoms with Crippen LogP contribution in [0.4, 0.5) is 0 Å². The molecule has 3 heterocycles. The monoisotopic (exact) mass is 563 g/mol. The molecule has 12 heteroatoms. The average molecular weight is 564 g/mol. The second-order valence-corrected chi connectivity index (χ2v) is 13.9. The van der Waals surface area contributed by atoms with E-state index in [1.807, 2.05) is 13.1 Å². The lowest BCUT2D eigenvalue weighted by Crippen LogP contribution is -2.55. The van der Waals surface area contributed by atoms with Crippen molar-refractivity contribution < 1.29 is 18.0 Å². The van der Waals surface area contributed by atoms with Crippen LogP contribution in [0.5, 0.6) is 0 Å². The zero-order chi connectivity index (χ0) is 26.3. The van der Waals surface area contributed by atoms with Crippen LogP contribution in [0.3, 0.4) is 0 Å². The molecule has 1 aliphatic heterocycles. The van der Waals surface area contributed by atoms with E-state index in [-0.39, 0.29) is 29.5 Å². The van der Waals surface area contributed by atoms with Crippen LogP contribution in [0.15, 0.2) is 24.3 Å². The minimum absolute atomic E-state index is 0.0562. The molecule has 0 bridgehead atoms. The van der Waals surface area contributed by atoms with Crippen molar-refractivity contribution in [2.75, 3.05) is 25.6 Å². The van der Waals surface area contributed by atoms with E-state index in [1.54, 1.807) is 18.2 Å². The van der Waals surface area contributed by atoms with Gasteiger partial charge < -0.3 is 20.5 Å². The highest BCUT2D eigenvalue weighted by Gasteiger charge is 2.35. The predicted octanol–water partition coefficient (Wildman–Crippen LogP) is 3.01. The van der Waals surface area contributed by atoms with Crippen molar-refractivity contribution in [3.05, 3.63) is 50.6 Å². The first-order valence-electron chi connectivity index (χ1n) is 12.3. The maximum absolute atomic E-state index is 13.2. The van der Waals surface area contributed by atoms with Crippen LogP contribution in [0, 0.1) is 5.92 Å². The number of carbonyl (C=O) groups is 2. The summed E-state index contributed by atoms with van der Waals surface area (Å²) < 4.78 is 23.9. The van der Waals surface area contributed by atoms with Crippen molar-refractivity contribution in [3.8, 4) is 0 Å². The lowest BCUT2D eigenvalue weighted by molar-refractivity contribution is 0.0846. The Labute approximate surface area is 224 Å². The third-order valence-electron chi connectivity index (χ3n) is 7.07. The summed E-state index contributed by atoms with van der Waals surface area (Å²) in [6, 6.07) is 6.35. The minimum Gasteiger partial charge on any atom is -0.351 e. The first kappa shape index (κ1) is 26.1. The van der Waals surface area contributed by atoms with Crippen LogP contribution < -0.4 is 10.6 Å². The van der Waals surface area contributed by atoms with Crippen LogP contribution in [0.2, 0.25) is 5.02 Å². The van der Waals surface area contributed by atoms with Crippen molar-refractivity contribution in [1.82, 2.24) is 25.5 Å². The number of fused-ring (bicyclic) bond motifs is 2. The molecule has 0 radical (unpaired) electrons. The van der Waals surface area contributed by atoms with Gasteiger partial charge in [-0.3, -0.25) is 9.59 Å². The molecule has 3 aromatic rings. The molecule has 1 saturated carbocycles. The van der Waals surface area contributed by atoms with Crippen LogP contribution in [0.1, 0.15) is 50.1 Å². The summed E-state index contributed by atoms with van der Waals surface area (Å²) in [4.78, 5) is 37.4. The molecule has 0 saturated heterocycles. The topological polar surface area (TPSA) is 124 Å². The number of hydrogen-bond donors (Lipinski definition) is 3. The number of nitrogens with zero attached hydrogens (tertiary/aromatic N) is 2. The number of rotatable bonds is 6. The summed E-state index contributed by atoms with van der Waals surface area (Å²) >= 11 is 7.48. The van der Waals surface area contributed by atoms with Gasteiger partial charge in [0.15, 0.2) is 5.01 Å². The van der Waals surface area contributed by atoms with Crippen molar-refractivity contribution in [3.63, 3.8) is 0 Å². The van der Waals surface area contributed by atoms with Gasteiger partial charge in [-0.15, -0.1) is 11.3 Å². The fourth-order valence-electron chi connectivity index (χ4n) is 5.29. The molecule has 3 atom stereocenters. The highest BCUT2D eigenvalue weighted by atomic mass is 35.5. The summed E-state index contributed by atoms with van der Waals surface area (Å²) in [5.41, 5.74) is 2.17. The number of H-pyrrole nitrogens is 1. The van der Waals surface area contributed by atoms with Crippen LogP contribution in [-0.2, 0) is 22.8 Å². The van der Waals surface area contributed by atoms with Gasteiger partial charge in [0.2, 0.25) is 0 Å². The second-order valence-electron chi connectivity index (χ2n) is 10.2. The maximum Gasteiger partial charge on any atom is 0.280 e. The molecule has 5 rings (SSSR count). The first-order valence-corrected chi connectivity index (χ1v) is 15.5. The Kier molecular flexibility index (Phi) is 7.32. The SMILES string of the molecule is CN1CCc2nc(C(=O)NC3CC(CS(C)(=O)=O)CCC3NC(=O)c3cc4cc(Cl)ccc4[nH]3)sc2C1. The summed E-state index contributed by atoms with van der Waals surface area (Å²) in [6.07, 6.45) is 3.70. The summed E-state index contributed by atoms with van der Waals surface area (Å²) in [7, 11) is -1.12. The van der Waals surface area contributed by atoms with Crippen LogP contribution in [0.25, 0.3) is 10.9 Å². The van der Waals surface area contributed by atoms with Crippen molar-refractivity contribution in [2.24, 2.45) is 5.92 Å². The predicted molar refractivity (Wildman–Crippen MR) is 145 cm³/mol. The molecule has 2 aromatic heterocycles. The summed E-state index contributed by atoms with van der Waals surface area (Å²) in [6.45, 7) is 1.68. The third-order valence-corrected chi connectivity index (χ3v) is 9.47. The highest BCUT2D eigenvalue weighted by molar-refractivity contribution is 7.90. The number of benzene rings is 1. The standard InChI is InChI=1S/C25H30ClN5O4S2/c1-31-8-7-19-22(12-31)36-25(30-19)24(33)29-20-9-14(13-37(2,34)35)3-5-18(20)28-23(32)21-11-15-10-16(26)4-6-17(15)27-21/h4,6,10-11,14,18,20,27H,3,5,7-9,12-13H2,1-2H3,(H,28,32)(H,29,33). The van der Waals surface area contributed by atoms with E-state index in [0.29, 0.717) is 35.0 Å². The number of halogens is 1. The van der Waals surface area contributed by atoms with E-state index in [2.05, 4.69) is 25.5 Å². The Bertz CT molecular complexity index is 1450. The number of amides is 2. The molecule has 3 unspecified atom stereocenters. The van der Waals surface area contributed by atoms with Crippen molar-refractivity contribution in [2.45, 2.75) is 44.3 Å². The number of nitrogens with one attached hydrogen (secondary N) is 3. The molecular formula is C25H30ClN5O4S2. The lowest BCUT2D eigenvalue weighted by atomic mass is 9.83. The van der Waals surface area contributed by atoms with Gasteiger partial charge in [-0.25, -0.2) is 13.4 Å². The number of thiazole rings is 1. The molecule has 3 N–H and O–H groups in total. The van der Waals surface area contributed by atoms with Gasteiger partial charge in [0.05, 0.1) is 11.4 Å². The van der Waals surface area contributed by atoms with E-state index in [9.17, 15) is 18.0 Å². The highest BCUT2D eigenvalue weighted by Crippen LogP contribution is 2.29. The normalized spacial score (nSPS) is 22.5.